The largest absolute Gasteiger partial charge is 0.357 e. The predicted octanol–water partition coefficient (Wildman–Crippen LogP) is 2.73. The third-order valence-corrected chi connectivity index (χ3v) is 3.20. The van der Waals surface area contributed by atoms with Crippen LogP contribution in [-0.4, -0.2) is 35.1 Å². The van der Waals surface area contributed by atoms with E-state index >= 15 is 0 Å². The number of nitrogens with one attached hydrogen (secondary N) is 1. The Hall–Kier alpha value is -2.17. The maximum Gasteiger partial charge on any atom is 0.230 e. The van der Waals surface area contributed by atoms with Crippen molar-refractivity contribution in [3.8, 4) is 11.4 Å². The molecule has 5 heteroatoms. The fourth-order valence-corrected chi connectivity index (χ4v) is 1.96. The van der Waals surface area contributed by atoms with Gasteiger partial charge in [0, 0.05) is 25.7 Å². The van der Waals surface area contributed by atoms with E-state index in [1.807, 2.05) is 19.2 Å². The van der Waals surface area contributed by atoms with Crippen LogP contribution < -0.4 is 10.2 Å². The molecular weight excluding hydrogens is 250 g/mol. The Balaban J connectivity index is 2.47. The first-order chi connectivity index (χ1) is 9.67. The summed E-state index contributed by atoms with van der Waals surface area (Å²) in [7, 11) is 1.82. The van der Waals surface area contributed by atoms with Crippen LogP contribution in [0.4, 0.5) is 11.9 Å². The molecule has 0 bridgehead atoms. The van der Waals surface area contributed by atoms with Gasteiger partial charge in [-0.1, -0.05) is 29.8 Å². The molecule has 0 radical (unpaired) electrons. The van der Waals surface area contributed by atoms with Crippen LogP contribution >= 0.6 is 0 Å². The van der Waals surface area contributed by atoms with Crippen molar-refractivity contribution in [1.82, 2.24) is 15.0 Å². The highest BCUT2D eigenvalue weighted by Crippen LogP contribution is 2.19. The van der Waals surface area contributed by atoms with Gasteiger partial charge in [-0.2, -0.15) is 15.0 Å². The van der Waals surface area contributed by atoms with Gasteiger partial charge in [0.1, 0.15) is 0 Å². The molecule has 2 rings (SSSR count). The Labute approximate surface area is 120 Å². The van der Waals surface area contributed by atoms with E-state index < -0.39 is 0 Å². The fourth-order valence-electron chi connectivity index (χ4n) is 1.96. The van der Waals surface area contributed by atoms with E-state index in [-0.39, 0.29) is 0 Å². The van der Waals surface area contributed by atoms with E-state index in [0.717, 1.165) is 18.7 Å². The van der Waals surface area contributed by atoms with Gasteiger partial charge in [-0.15, -0.1) is 0 Å². The second-order valence-corrected chi connectivity index (χ2v) is 4.57. The predicted molar refractivity (Wildman–Crippen MR) is 83.1 cm³/mol. The molecule has 1 heterocycles. The molecule has 1 aromatic carbocycles. The second kappa shape index (κ2) is 6.32. The number of nitrogens with zero attached hydrogens (tertiary/aromatic N) is 4. The molecule has 1 aromatic heterocycles. The van der Waals surface area contributed by atoms with Crippen molar-refractivity contribution in [2.75, 3.05) is 30.4 Å². The van der Waals surface area contributed by atoms with Gasteiger partial charge in [-0.25, -0.2) is 0 Å². The zero-order valence-electron chi connectivity index (χ0n) is 12.5. The van der Waals surface area contributed by atoms with Crippen molar-refractivity contribution in [3.63, 3.8) is 0 Å². The molecule has 0 saturated heterocycles. The van der Waals surface area contributed by atoms with Crippen LogP contribution in [0.1, 0.15) is 19.4 Å². The van der Waals surface area contributed by atoms with Gasteiger partial charge in [-0.3, -0.25) is 0 Å². The Morgan fingerprint density at radius 3 is 2.20 bits per heavy atom. The summed E-state index contributed by atoms with van der Waals surface area (Å²) < 4.78 is 0. The molecule has 0 aliphatic heterocycles. The number of hydrogen-bond acceptors (Lipinski definition) is 5. The minimum atomic E-state index is 0.595. The summed E-state index contributed by atoms with van der Waals surface area (Å²) in [6, 6.07) is 8.21. The van der Waals surface area contributed by atoms with Crippen LogP contribution in [0.5, 0.6) is 0 Å². The van der Waals surface area contributed by atoms with E-state index in [2.05, 4.69) is 58.1 Å². The summed E-state index contributed by atoms with van der Waals surface area (Å²) in [5, 5.41) is 3.00. The lowest BCUT2D eigenvalue weighted by Gasteiger charge is -2.19. The van der Waals surface area contributed by atoms with Gasteiger partial charge < -0.3 is 10.2 Å². The van der Waals surface area contributed by atoms with Gasteiger partial charge in [0.15, 0.2) is 5.82 Å². The molecule has 0 unspecified atom stereocenters. The number of anilines is 2. The first kappa shape index (κ1) is 14.2. The molecule has 2 aromatic rings. The lowest BCUT2D eigenvalue weighted by atomic mass is 10.1. The van der Waals surface area contributed by atoms with E-state index in [1.54, 1.807) is 0 Å². The minimum absolute atomic E-state index is 0.595. The molecule has 20 heavy (non-hydrogen) atoms. The molecule has 1 N–H and O–H groups in total. The van der Waals surface area contributed by atoms with E-state index in [9.17, 15) is 0 Å². The average molecular weight is 271 g/mol. The molecule has 0 atom stereocenters. The third kappa shape index (κ3) is 3.04. The molecule has 0 saturated carbocycles. The summed E-state index contributed by atoms with van der Waals surface area (Å²) in [6.45, 7) is 8.00. The van der Waals surface area contributed by atoms with E-state index in [4.69, 9.17) is 0 Å². The number of hydrogen-bond donors (Lipinski definition) is 1. The van der Waals surface area contributed by atoms with Crippen LogP contribution in [0, 0.1) is 6.92 Å². The monoisotopic (exact) mass is 271 g/mol. The molecule has 0 amide bonds. The Morgan fingerprint density at radius 2 is 1.65 bits per heavy atom. The zero-order valence-corrected chi connectivity index (χ0v) is 12.5. The first-order valence-corrected chi connectivity index (χ1v) is 6.93. The van der Waals surface area contributed by atoms with Crippen molar-refractivity contribution < 1.29 is 0 Å². The minimum Gasteiger partial charge on any atom is -0.357 e. The summed E-state index contributed by atoms with van der Waals surface area (Å²) in [5.41, 5.74) is 2.23. The topological polar surface area (TPSA) is 53.9 Å². The number of aryl methyl sites for hydroxylation is 1. The van der Waals surface area contributed by atoms with Crippen molar-refractivity contribution >= 4 is 11.9 Å². The van der Waals surface area contributed by atoms with Gasteiger partial charge in [0.2, 0.25) is 11.9 Å². The van der Waals surface area contributed by atoms with Crippen molar-refractivity contribution in [2.24, 2.45) is 0 Å². The third-order valence-electron chi connectivity index (χ3n) is 3.20. The van der Waals surface area contributed by atoms with Gasteiger partial charge in [-0.05, 0) is 20.8 Å². The van der Waals surface area contributed by atoms with Crippen molar-refractivity contribution in [2.45, 2.75) is 20.8 Å². The SMILES string of the molecule is CCN(CC)c1nc(NC)nc(-c2ccc(C)cc2)n1. The maximum absolute atomic E-state index is 4.59. The van der Waals surface area contributed by atoms with Crippen molar-refractivity contribution in [3.05, 3.63) is 29.8 Å². The Kier molecular flexibility index (Phi) is 4.50. The van der Waals surface area contributed by atoms with Gasteiger partial charge >= 0.3 is 0 Å². The molecule has 0 aliphatic rings. The average Bonchev–Trinajstić information content (AvgIpc) is 2.49. The van der Waals surface area contributed by atoms with Crippen LogP contribution in [-0.2, 0) is 0 Å². The summed E-state index contributed by atoms with van der Waals surface area (Å²) in [6.07, 6.45) is 0. The van der Waals surface area contributed by atoms with Crippen molar-refractivity contribution in [1.29, 1.82) is 0 Å². The number of rotatable bonds is 5. The van der Waals surface area contributed by atoms with E-state index in [1.165, 1.54) is 5.56 Å². The molecular formula is C15H21N5. The lowest BCUT2D eigenvalue weighted by molar-refractivity contribution is 0.815. The Morgan fingerprint density at radius 1 is 1.00 bits per heavy atom. The molecule has 5 nitrogen and oxygen atoms in total. The normalized spacial score (nSPS) is 10.4. The zero-order chi connectivity index (χ0) is 14.5. The van der Waals surface area contributed by atoms with Gasteiger partial charge in [0.05, 0.1) is 0 Å². The lowest BCUT2D eigenvalue weighted by Crippen LogP contribution is -2.25. The fraction of sp³-hybridized carbons (Fsp3) is 0.400. The highest BCUT2D eigenvalue weighted by atomic mass is 15.3. The smallest absolute Gasteiger partial charge is 0.230 e. The van der Waals surface area contributed by atoms with Crippen LogP contribution in [0.2, 0.25) is 0 Å². The Bertz CT molecular complexity index is 561. The molecule has 106 valence electrons. The molecule has 0 fully saturated rings. The van der Waals surface area contributed by atoms with Crippen LogP contribution in [0.15, 0.2) is 24.3 Å². The standard InChI is InChI=1S/C15H21N5/c1-5-20(6-2)15-18-13(17-14(16-4)19-15)12-9-7-11(3)8-10-12/h7-10H,5-6H2,1-4H3,(H,16,17,18,19). The van der Waals surface area contributed by atoms with Gasteiger partial charge in [0.25, 0.3) is 0 Å². The highest BCUT2D eigenvalue weighted by molar-refractivity contribution is 5.58. The quantitative estimate of drug-likeness (QED) is 0.906. The molecule has 0 spiro atoms. The van der Waals surface area contributed by atoms with Crippen LogP contribution in [0.25, 0.3) is 11.4 Å². The molecule has 0 aliphatic carbocycles. The maximum atomic E-state index is 4.59. The van der Waals surface area contributed by atoms with E-state index in [0.29, 0.717) is 17.7 Å². The number of benzene rings is 1. The summed E-state index contributed by atoms with van der Waals surface area (Å²) in [5.74, 6) is 2.01. The van der Waals surface area contributed by atoms with Crippen LogP contribution in [0.3, 0.4) is 0 Å². The second-order valence-electron chi connectivity index (χ2n) is 4.57. The summed E-state index contributed by atoms with van der Waals surface area (Å²) >= 11 is 0. The number of aromatic nitrogens is 3. The summed E-state index contributed by atoms with van der Waals surface area (Å²) in [4.78, 5) is 15.6. The first-order valence-electron chi connectivity index (χ1n) is 6.93. The highest BCUT2D eigenvalue weighted by Gasteiger charge is 2.11.